The Morgan fingerprint density at radius 2 is 2.44 bits per heavy atom. The van der Waals surface area contributed by atoms with Gasteiger partial charge in [-0.2, -0.15) is 0 Å². The van der Waals surface area contributed by atoms with Crippen LogP contribution < -0.4 is 10.6 Å². The highest BCUT2D eigenvalue weighted by atomic mass is 35.5. The van der Waals surface area contributed by atoms with E-state index in [2.05, 4.69) is 20.6 Å². The Morgan fingerprint density at radius 1 is 1.50 bits per heavy atom. The topological polar surface area (TPSA) is 49.8 Å². The summed E-state index contributed by atoms with van der Waals surface area (Å²) >= 11 is 5.71. The van der Waals surface area contributed by atoms with Gasteiger partial charge in [0.2, 0.25) is 5.28 Å². The van der Waals surface area contributed by atoms with Gasteiger partial charge in [-0.05, 0) is 37.1 Å². The first-order chi connectivity index (χ1) is 7.84. The van der Waals surface area contributed by atoms with Crippen molar-refractivity contribution in [3.63, 3.8) is 0 Å². The second kappa shape index (κ2) is 6.13. The van der Waals surface area contributed by atoms with Crippen molar-refractivity contribution in [2.24, 2.45) is 0 Å². The second-order valence-electron chi connectivity index (χ2n) is 4.09. The van der Waals surface area contributed by atoms with Crippen LogP contribution >= 0.6 is 11.6 Å². The molecule has 0 amide bonds. The zero-order chi connectivity index (χ0) is 11.2. The molecule has 1 atom stereocenters. The van der Waals surface area contributed by atoms with E-state index in [1.807, 2.05) is 6.07 Å². The minimum absolute atomic E-state index is 0.315. The first-order valence-electron chi connectivity index (χ1n) is 5.76. The number of piperidine rings is 1. The van der Waals surface area contributed by atoms with Gasteiger partial charge in [-0.15, -0.1) is 0 Å². The SMILES string of the molecule is Clc1nccc(CNC[C@@H]2CCCCN2)n1. The maximum absolute atomic E-state index is 5.71. The van der Waals surface area contributed by atoms with E-state index < -0.39 is 0 Å². The zero-order valence-electron chi connectivity index (χ0n) is 9.25. The minimum Gasteiger partial charge on any atom is -0.313 e. The van der Waals surface area contributed by atoms with Crippen LogP contribution in [0, 0.1) is 0 Å². The van der Waals surface area contributed by atoms with Crippen molar-refractivity contribution in [2.75, 3.05) is 13.1 Å². The molecule has 0 aromatic carbocycles. The molecule has 2 heterocycles. The summed E-state index contributed by atoms with van der Waals surface area (Å²) < 4.78 is 0. The van der Waals surface area contributed by atoms with Crippen molar-refractivity contribution in [3.05, 3.63) is 23.2 Å². The number of hydrogen-bond acceptors (Lipinski definition) is 4. The third kappa shape index (κ3) is 3.70. The molecule has 1 saturated heterocycles. The molecule has 1 aromatic rings. The molecule has 88 valence electrons. The van der Waals surface area contributed by atoms with E-state index in [0.29, 0.717) is 11.3 Å². The van der Waals surface area contributed by atoms with Crippen LogP contribution in [0.2, 0.25) is 5.28 Å². The molecular weight excluding hydrogens is 224 g/mol. The van der Waals surface area contributed by atoms with Crippen molar-refractivity contribution >= 4 is 11.6 Å². The number of rotatable bonds is 4. The first kappa shape index (κ1) is 11.8. The number of nitrogens with zero attached hydrogens (tertiary/aromatic N) is 2. The Balaban J connectivity index is 1.71. The molecular formula is C11H17ClN4. The average molecular weight is 241 g/mol. The van der Waals surface area contributed by atoms with Gasteiger partial charge in [0.15, 0.2) is 0 Å². The first-order valence-corrected chi connectivity index (χ1v) is 6.14. The fourth-order valence-electron chi connectivity index (χ4n) is 1.94. The highest BCUT2D eigenvalue weighted by Gasteiger charge is 2.11. The predicted molar refractivity (Wildman–Crippen MR) is 64.4 cm³/mol. The van der Waals surface area contributed by atoms with Crippen molar-refractivity contribution in [1.29, 1.82) is 0 Å². The van der Waals surface area contributed by atoms with Crippen molar-refractivity contribution < 1.29 is 0 Å². The van der Waals surface area contributed by atoms with Gasteiger partial charge in [0.25, 0.3) is 0 Å². The number of halogens is 1. The molecule has 4 nitrogen and oxygen atoms in total. The van der Waals surface area contributed by atoms with Gasteiger partial charge in [-0.25, -0.2) is 9.97 Å². The molecule has 1 aliphatic rings. The normalized spacial score (nSPS) is 20.9. The van der Waals surface area contributed by atoms with Gasteiger partial charge < -0.3 is 10.6 Å². The van der Waals surface area contributed by atoms with Crippen LogP contribution in [0.3, 0.4) is 0 Å². The quantitative estimate of drug-likeness (QED) is 0.781. The zero-order valence-corrected chi connectivity index (χ0v) is 10.0. The summed E-state index contributed by atoms with van der Waals surface area (Å²) in [6, 6.07) is 2.48. The lowest BCUT2D eigenvalue weighted by molar-refractivity contribution is 0.382. The predicted octanol–water partition coefficient (Wildman–Crippen LogP) is 1.36. The molecule has 5 heteroatoms. The van der Waals surface area contributed by atoms with Gasteiger partial charge in [0.1, 0.15) is 0 Å². The third-order valence-corrected chi connectivity index (χ3v) is 2.98. The lowest BCUT2D eigenvalue weighted by Crippen LogP contribution is -2.41. The van der Waals surface area contributed by atoms with E-state index in [0.717, 1.165) is 25.3 Å². The van der Waals surface area contributed by atoms with Crippen LogP contribution in [-0.4, -0.2) is 29.1 Å². The van der Waals surface area contributed by atoms with Gasteiger partial charge in [-0.3, -0.25) is 0 Å². The van der Waals surface area contributed by atoms with Crippen LogP contribution in [0.5, 0.6) is 0 Å². The monoisotopic (exact) mass is 240 g/mol. The highest BCUT2D eigenvalue weighted by Crippen LogP contribution is 2.06. The smallest absolute Gasteiger partial charge is 0.222 e. The van der Waals surface area contributed by atoms with Crippen molar-refractivity contribution in [2.45, 2.75) is 31.8 Å². The molecule has 0 unspecified atom stereocenters. The van der Waals surface area contributed by atoms with E-state index in [-0.39, 0.29) is 0 Å². The summed E-state index contributed by atoms with van der Waals surface area (Å²) in [5.74, 6) is 0. The summed E-state index contributed by atoms with van der Waals surface area (Å²) in [5, 5.41) is 7.20. The van der Waals surface area contributed by atoms with Crippen LogP contribution in [0.4, 0.5) is 0 Å². The number of hydrogen-bond donors (Lipinski definition) is 2. The lowest BCUT2D eigenvalue weighted by atomic mass is 10.1. The Labute approximate surface area is 101 Å². The molecule has 2 N–H and O–H groups in total. The molecule has 0 radical (unpaired) electrons. The van der Waals surface area contributed by atoms with E-state index in [4.69, 9.17) is 11.6 Å². The number of nitrogens with one attached hydrogen (secondary N) is 2. The van der Waals surface area contributed by atoms with Crippen LogP contribution in [-0.2, 0) is 6.54 Å². The van der Waals surface area contributed by atoms with Crippen molar-refractivity contribution in [3.8, 4) is 0 Å². The molecule has 1 aromatic heterocycles. The van der Waals surface area contributed by atoms with E-state index in [1.54, 1.807) is 6.20 Å². The molecule has 1 aliphatic heterocycles. The van der Waals surface area contributed by atoms with Crippen LogP contribution in [0.1, 0.15) is 25.0 Å². The van der Waals surface area contributed by atoms with E-state index in [9.17, 15) is 0 Å². The minimum atomic E-state index is 0.315. The van der Waals surface area contributed by atoms with Gasteiger partial charge in [0, 0.05) is 25.3 Å². The summed E-state index contributed by atoms with van der Waals surface area (Å²) in [6.45, 7) is 2.88. The Morgan fingerprint density at radius 3 is 3.19 bits per heavy atom. The highest BCUT2D eigenvalue weighted by molar-refractivity contribution is 6.28. The number of aromatic nitrogens is 2. The van der Waals surface area contributed by atoms with Crippen LogP contribution in [0.25, 0.3) is 0 Å². The van der Waals surface area contributed by atoms with Gasteiger partial charge in [0.05, 0.1) is 5.69 Å². The van der Waals surface area contributed by atoms with Gasteiger partial charge >= 0.3 is 0 Å². The summed E-state index contributed by atoms with van der Waals surface area (Å²) in [6.07, 6.45) is 5.58. The van der Waals surface area contributed by atoms with Crippen molar-refractivity contribution in [1.82, 2.24) is 20.6 Å². The summed E-state index contributed by atoms with van der Waals surface area (Å²) in [7, 11) is 0. The molecule has 1 fully saturated rings. The molecule has 0 bridgehead atoms. The molecule has 0 saturated carbocycles. The molecule has 16 heavy (non-hydrogen) atoms. The van der Waals surface area contributed by atoms with E-state index in [1.165, 1.54) is 19.3 Å². The standard InChI is InChI=1S/C11H17ClN4/c12-11-15-6-4-10(16-11)8-13-7-9-3-1-2-5-14-9/h4,6,9,13-14H,1-3,5,7-8H2/t9-/m0/s1. The fraction of sp³-hybridized carbons (Fsp3) is 0.636. The average Bonchev–Trinajstić information content (AvgIpc) is 2.30. The molecule has 0 spiro atoms. The maximum Gasteiger partial charge on any atom is 0.222 e. The largest absolute Gasteiger partial charge is 0.313 e. The van der Waals surface area contributed by atoms with Gasteiger partial charge in [-0.1, -0.05) is 6.42 Å². The molecule has 2 rings (SSSR count). The fourth-order valence-corrected chi connectivity index (χ4v) is 2.11. The van der Waals surface area contributed by atoms with Crippen LogP contribution in [0.15, 0.2) is 12.3 Å². The Kier molecular flexibility index (Phi) is 4.51. The van der Waals surface area contributed by atoms with E-state index >= 15 is 0 Å². The Bertz CT molecular complexity index is 326. The second-order valence-corrected chi connectivity index (χ2v) is 4.43. The summed E-state index contributed by atoms with van der Waals surface area (Å²) in [4.78, 5) is 7.98. The maximum atomic E-state index is 5.71. The Hall–Kier alpha value is -0.710. The third-order valence-electron chi connectivity index (χ3n) is 2.79. The summed E-state index contributed by atoms with van der Waals surface area (Å²) in [5.41, 5.74) is 0.941. The molecule has 0 aliphatic carbocycles. The lowest BCUT2D eigenvalue weighted by Gasteiger charge is -2.23.